The predicted molar refractivity (Wildman–Crippen MR) is 116 cm³/mol. The van der Waals surface area contributed by atoms with E-state index in [1.165, 1.54) is 7.11 Å². The Morgan fingerprint density at radius 3 is 2.48 bits per heavy atom. The lowest BCUT2D eigenvalue weighted by atomic mass is 9.92. The highest BCUT2D eigenvalue weighted by molar-refractivity contribution is 7.99. The number of fused-ring (bicyclic) bond motifs is 3. The monoisotopic (exact) mass is 418 g/mol. The SMILES string of the molecule is COC(=O)c1cc(Cl)c2ccccc2c1-c1cccc2c1Oc1ccccc1S2. The highest BCUT2D eigenvalue weighted by Gasteiger charge is 2.26. The van der Waals surface area contributed by atoms with Gasteiger partial charge >= 0.3 is 5.97 Å². The van der Waals surface area contributed by atoms with Crippen molar-refractivity contribution >= 4 is 40.1 Å². The van der Waals surface area contributed by atoms with Gasteiger partial charge in [-0.25, -0.2) is 4.79 Å². The van der Waals surface area contributed by atoms with Gasteiger partial charge in [-0.2, -0.15) is 0 Å². The number of para-hydroxylation sites is 2. The van der Waals surface area contributed by atoms with Gasteiger partial charge in [0.15, 0.2) is 0 Å². The van der Waals surface area contributed by atoms with E-state index in [9.17, 15) is 4.79 Å². The van der Waals surface area contributed by atoms with E-state index in [0.717, 1.165) is 43.2 Å². The summed E-state index contributed by atoms with van der Waals surface area (Å²) in [6.45, 7) is 0. The molecule has 1 aliphatic heterocycles. The van der Waals surface area contributed by atoms with Crippen molar-refractivity contribution < 1.29 is 14.3 Å². The van der Waals surface area contributed by atoms with Gasteiger partial charge in [-0.15, -0.1) is 0 Å². The third-order valence-corrected chi connectivity index (χ3v) is 6.34. The van der Waals surface area contributed by atoms with Crippen molar-refractivity contribution in [1.29, 1.82) is 0 Å². The van der Waals surface area contributed by atoms with E-state index in [1.807, 2.05) is 66.7 Å². The minimum Gasteiger partial charge on any atom is -0.465 e. The van der Waals surface area contributed by atoms with Crippen LogP contribution in [0, 0.1) is 0 Å². The first-order valence-corrected chi connectivity index (χ1v) is 10.2. The number of hydrogen-bond donors (Lipinski definition) is 0. The summed E-state index contributed by atoms with van der Waals surface area (Å²) < 4.78 is 11.4. The number of esters is 1. The molecule has 0 unspecified atom stereocenters. The Balaban J connectivity index is 1.82. The average Bonchev–Trinajstić information content (AvgIpc) is 2.77. The van der Waals surface area contributed by atoms with Gasteiger partial charge in [0.25, 0.3) is 0 Å². The molecule has 0 spiro atoms. The van der Waals surface area contributed by atoms with Crippen LogP contribution in [0.4, 0.5) is 0 Å². The van der Waals surface area contributed by atoms with E-state index in [-0.39, 0.29) is 0 Å². The summed E-state index contributed by atoms with van der Waals surface area (Å²) in [6.07, 6.45) is 0. The topological polar surface area (TPSA) is 35.5 Å². The van der Waals surface area contributed by atoms with Gasteiger partial charge in [-0.05, 0) is 29.7 Å². The fourth-order valence-electron chi connectivity index (χ4n) is 3.64. The molecule has 0 N–H and O–H groups in total. The van der Waals surface area contributed by atoms with Gasteiger partial charge in [0.2, 0.25) is 0 Å². The molecule has 0 saturated heterocycles. The van der Waals surface area contributed by atoms with Crippen molar-refractivity contribution in [1.82, 2.24) is 0 Å². The van der Waals surface area contributed by atoms with E-state index in [2.05, 4.69) is 0 Å². The number of carbonyl (C=O) groups excluding carboxylic acids is 1. The van der Waals surface area contributed by atoms with Crippen molar-refractivity contribution in [2.45, 2.75) is 9.79 Å². The smallest absolute Gasteiger partial charge is 0.338 e. The zero-order chi connectivity index (χ0) is 20.0. The number of ether oxygens (including phenoxy) is 2. The molecule has 0 aliphatic carbocycles. The van der Waals surface area contributed by atoms with Crippen molar-refractivity contribution in [3.63, 3.8) is 0 Å². The van der Waals surface area contributed by atoms with Crippen molar-refractivity contribution in [3.05, 3.63) is 83.4 Å². The molecule has 3 nitrogen and oxygen atoms in total. The number of carbonyl (C=O) groups is 1. The molecular weight excluding hydrogens is 404 g/mol. The van der Waals surface area contributed by atoms with Gasteiger partial charge in [0.05, 0.1) is 22.5 Å². The third-order valence-electron chi connectivity index (χ3n) is 4.93. The van der Waals surface area contributed by atoms with Crippen LogP contribution in [0.2, 0.25) is 5.02 Å². The van der Waals surface area contributed by atoms with Crippen LogP contribution in [0.1, 0.15) is 10.4 Å². The maximum Gasteiger partial charge on any atom is 0.338 e. The number of benzene rings is 4. The summed E-state index contributed by atoms with van der Waals surface area (Å²) in [5.41, 5.74) is 2.00. The van der Waals surface area contributed by atoms with Crippen LogP contribution >= 0.6 is 23.4 Å². The largest absolute Gasteiger partial charge is 0.465 e. The maximum absolute atomic E-state index is 12.6. The minimum absolute atomic E-state index is 0.414. The Kier molecular flexibility index (Phi) is 4.46. The van der Waals surface area contributed by atoms with Crippen LogP contribution in [-0.4, -0.2) is 13.1 Å². The molecule has 0 aromatic heterocycles. The number of rotatable bonds is 2. The summed E-state index contributed by atoms with van der Waals surface area (Å²) in [6, 6.07) is 23.3. The lowest BCUT2D eigenvalue weighted by Gasteiger charge is -2.23. The molecule has 0 atom stereocenters. The first-order chi connectivity index (χ1) is 14.2. The normalized spacial score (nSPS) is 12.1. The second kappa shape index (κ2) is 7.14. The molecule has 0 radical (unpaired) electrons. The number of methoxy groups -OCH3 is 1. The number of halogens is 1. The molecule has 0 bridgehead atoms. The fraction of sp³-hybridized carbons (Fsp3) is 0.0417. The first kappa shape index (κ1) is 18.1. The second-order valence-corrected chi connectivity index (χ2v) is 8.09. The summed E-state index contributed by atoms with van der Waals surface area (Å²) in [7, 11) is 1.37. The molecule has 4 aromatic carbocycles. The summed E-state index contributed by atoms with van der Waals surface area (Å²) in [4.78, 5) is 14.7. The molecule has 0 amide bonds. The molecule has 1 aliphatic rings. The van der Waals surface area contributed by atoms with Crippen LogP contribution in [0.25, 0.3) is 21.9 Å². The summed E-state index contributed by atoms with van der Waals surface area (Å²) in [5.74, 6) is 1.10. The van der Waals surface area contributed by atoms with Crippen molar-refractivity contribution in [3.8, 4) is 22.6 Å². The fourth-order valence-corrected chi connectivity index (χ4v) is 4.90. The Bertz CT molecular complexity index is 1280. The van der Waals surface area contributed by atoms with E-state index in [4.69, 9.17) is 21.1 Å². The Morgan fingerprint density at radius 2 is 1.66 bits per heavy atom. The Labute approximate surface area is 177 Å². The number of hydrogen-bond acceptors (Lipinski definition) is 4. The highest BCUT2D eigenvalue weighted by Crippen LogP contribution is 2.52. The van der Waals surface area contributed by atoms with Crippen molar-refractivity contribution in [2.75, 3.05) is 7.11 Å². The molecule has 0 fully saturated rings. The van der Waals surface area contributed by atoms with Gasteiger partial charge in [0, 0.05) is 21.5 Å². The van der Waals surface area contributed by atoms with E-state index in [0.29, 0.717) is 10.6 Å². The third kappa shape index (κ3) is 2.96. The van der Waals surface area contributed by atoms with E-state index in [1.54, 1.807) is 17.8 Å². The molecule has 5 rings (SSSR count). The lowest BCUT2D eigenvalue weighted by molar-refractivity contribution is 0.0602. The van der Waals surface area contributed by atoms with Crippen LogP contribution < -0.4 is 4.74 Å². The average molecular weight is 419 g/mol. The zero-order valence-corrected chi connectivity index (χ0v) is 17.0. The molecule has 142 valence electrons. The van der Waals surface area contributed by atoms with Crippen molar-refractivity contribution in [2.24, 2.45) is 0 Å². The van der Waals surface area contributed by atoms with E-state index < -0.39 is 5.97 Å². The lowest BCUT2D eigenvalue weighted by Crippen LogP contribution is -2.06. The first-order valence-electron chi connectivity index (χ1n) is 9.05. The van der Waals surface area contributed by atoms with Gasteiger partial charge in [0.1, 0.15) is 11.5 Å². The molecular formula is C24H15ClO3S. The maximum atomic E-state index is 12.6. The van der Waals surface area contributed by atoms with E-state index >= 15 is 0 Å². The zero-order valence-electron chi connectivity index (χ0n) is 15.4. The van der Waals surface area contributed by atoms with Gasteiger partial charge < -0.3 is 9.47 Å². The second-order valence-electron chi connectivity index (χ2n) is 6.60. The summed E-state index contributed by atoms with van der Waals surface area (Å²) in [5, 5.41) is 2.26. The molecule has 29 heavy (non-hydrogen) atoms. The molecule has 0 saturated carbocycles. The summed E-state index contributed by atoms with van der Waals surface area (Å²) >= 11 is 8.14. The Hall–Kier alpha value is -2.95. The van der Waals surface area contributed by atoms with Crippen LogP contribution in [0.3, 0.4) is 0 Å². The van der Waals surface area contributed by atoms with Gasteiger partial charge in [-0.3, -0.25) is 0 Å². The minimum atomic E-state index is -0.436. The van der Waals surface area contributed by atoms with Crippen LogP contribution in [0.15, 0.2) is 82.6 Å². The molecule has 1 heterocycles. The molecule has 4 aromatic rings. The quantitative estimate of drug-likeness (QED) is 0.284. The highest BCUT2D eigenvalue weighted by atomic mass is 35.5. The Morgan fingerprint density at radius 1 is 0.931 bits per heavy atom. The molecule has 5 heteroatoms. The van der Waals surface area contributed by atoms with Crippen LogP contribution in [0.5, 0.6) is 11.5 Å². The predicted octanol–water partition coefficient (Wildman–Crippen LogP) is 7.20. The van der Waals surface area contributed by atoms with Gasteiger partial charge in [-0.1, -0.05) is 71.9 Å². The van der Waals surface area contributed by atoms with Crippen LogP contribution in [-0.2, 0) is 4.74 Å². The standard InChI is InChI=1S/C24H15ClO3S/c1-27-24(26)17-13-18(25)14-7-2-3-8-15(14)22(17)16-9-6-12-21-23(16)28-19-10-4-5-11-20(19)29-21/h2-13H,1H3.